The summed E-state index contributed by atoms with van der Waals surface area (Å²) in [5, 5.41) is 0.388. The van der Waals surface area contributed by atoms with Gasteiger partial charge in [-0.2, -0.15) is 0 Å². The van der Waals surface area contributed by atoms with Gasteiger partial charge in [-0.25, -0.2) is 29.9 Å². The Balaban J connectivity index is 0.000000170. The van der Waals surface area contributed by atoms with Crippen molar-refractivity contribution in [3.8, 4) is 22.5 Å². The molecule has 0 saturated carbocycles. The third kappa shape index (κ3) is 6.82. The van der Waals surface area contributed by atoms with Gasteiger partial charge in [-0.05, 0) is 37.1 Å². The first-order valence-corrected chi connectivity index (χ1v) is 16.3. The number of nitrogens with one attached hydrogen (secondary N) is 2. The molecular formula is C36H38ClN9O2. The van der Waals surface area contributed by atoms with Gasteiger partial charge in [0.15, 0.2) is 22.9 Å². The lowest BCUT2D eigenvalue weighted by molar-refractivity contribution is 0.0854. The predicted molar refractivity (Wildman–Crippen MR) is 188 cm³/mol. The van der Waals surface area contributed by atoms with Crippen molar-refractivity contribution in [2.75, 3.05) is 18.0 Å². The molecule has 1 fully saturated rings. The highest BCUT2D eigenvalue weighted by molar-refractivity contribution is 6.29. The molecule has 11 nitrogen and oxygen atoms in total. The minimum atomic E-state index is -0.479. The van der Waals surface area contributed by atoms with Crippen LogP contribution in [0.25, 0.3) is 44.8 Å². The van der Waals surface area contributed by atoms with Crippen LogP contribution in [-0.4, -0.2) is 64.5 Å². The zero-order chi connectivity index (χ0) is 34.2. The number of anilines is 1. The van der Waals surface area contributed by atoms with Crippen LogP contribution in [0.3, 0.4) is 0 Å². The summed E-state index contributed by atoms with van der Waals surface area (Å²) in [5.74, 6) is 1.06. The van der Waals surface area contributed by atoms with Gasteiger partial charge in [0.05, 0.1) is 34.9 Å². The van der Waals surface area contributed by atoms with Crippen LogP contribution in [0.2, 0.25) is 5.15 Å². The number of H-pyrrole nitrogens is 2. The first-order chi connectivity index (χ1) is 22.8. The Morgan fingerprint density at radius 2 is 1.19 bits per heavy atom. The Labute approximate surface area is 283 Å². The Morgan fingerprint density at radius 3 is 1.67 bits per heavy atom. The summed E-state index contributed by atoms with van der Waals surface area (Å²) >= 11 is 5.91. The third-order valence-corrected chi connectivity index (χ3v) is 8.31. The summed E-state index contributed by atoms with van der Waals surface area (Å²) in [4.78, 5) is 60.2. The molecule has 12 heteroatoms. The molecule has 2 N–H and O–H groups in total. The highest BCUT2D eigenvalue weighted by atomic mass is 35.5. The van der Waals surface area contributed by atoms with E-state index >= 15 is 0 Å². The summed E-state index contributed by atoms with van der Waals surface area (Å²) in [6, 6.07) is 7.52. The first kappa shape index (κ1) is 32.9. The van der Waals surface area contributed by atoms with Crippen LogP contribution >= 0.6 is 11.6 Å². The number of hydrogen-bond donors (Lipinski definition) is 2. The molecule has 7 heterocycles. The highest BCUT2D eigenvalue weighted by Gasteiger charge is 2.28. The van der Waals surface area contributed by atoms with Crippen LogP contribution in [0.5, 0.6) is 0 Å². The number of Topliss-reactive ketones (excluding diaryl/α,β-unsaturated/α-hetero) is 2. The summed E-state index contributed by atoms with van der Waals surface area (Å²) in [6.45, 7) is 13.5. The fourth-order valence-corrected chi connectivity index (χ4v) is 5.65. The molecule has 1 aliphatic rings. The zero-order valence-electron chi connectivity index (χ0n) is 27.9. The SMILES string of the molecule is CC(C)(C)C(=O)c1c[nH]c2ncc(-c3ccnc(Cl)c3)nc12.CC(C)(C)C(=O)c1c[nH]c2ncc(-c3ccnc(N4CCCC4)c3)nc12. The molecule has 6 aromatic heterocycles. The number of rotatable bonds is 5. The van der Waals surface area contributed by atoms with E-state index in [1.807, 2.05) is 53.8 Å². The van der Waals surface area contributed by atoms with Crippen LogP contribution in [0.15, 0.2) is 61.4 Å². The molecule has 246 valence electrons. The van der Waals surface area contributed by atoms with E-state index in [4.69, 9.17) is 16.6 Å². The van der Waals surface area contributed by atoms with Gasteiger partial charge in [-0.3, -0.25) is 9.59 Å². The number of halogens is 1. The number of carbonyl (C=O) groups excluding carboxylic acids is 2. The minimum absolute atomic E-state index is 0.0259. The van der Waals surface area contributed by atoms with E-state index in [1.54, 1.807) is 43.1 Å². The first-order valence-electron chi connectivity index (χ1n) is 15.9. The van der Waals surface area contributed by atoms with E-state index in [-0.39, 0.29) is 11.6 Å². The molecule has 0 unspecified atom stereocenters. The largest absolute Gasteiger partial charge is 0.357 e. The van der Waals surface area contributed by atoms with E-state index in [0.29, 0.717) is 44.3 Å². The summed E-state index contributed by atoms with van der Waals surface area (Å²) in [5.41, 5.74) is 5.81. The maximum atomic E-state index is 12.7. The molecule has 1 aliphatic heterocycles. The van der Waals surface area contributed by atoms with Crippen molar-refractivity contribution in [1.82, 2.24) is 39.9 Å². The van der Waals surface area contributed by atoms with E-state index in [9.17, 15) is 9.59 Å². The Bertz CT molecular complexity index is 2130. The van der Waals surface area contributed by atoms with Gasteiger partial charge in [0.1, 0.15) is 22.0 Å². The molecule has 0 amide bonds. The van der Waals surface area contributed by atoms with E-state index < -0.39 is 10.8 Å². The van der Waals surface area contributed by atoms with Crippen molar-refractivity contribution in [2.45, 2.75) is 54.4 Å². The van der Waals surface area contributed by atoms with Crippen LogP contribution in [0.1, 0.15) is 75.1 Å². The fourth-order valence-electron chi connectivity index (χ4n) is 5.47. The Morgan fingerprint density at radius 1 is 0.708 bits per heavy atom. The number of ketones is 2. The topological polar surface area (TPSA) is 146 Å². The van der Waals surface area contributed by atoms with E-state index in [0.717, 1.165) is 35.7 Å². The predicted octanol–water partition coefficient (Wildman–Crippen LogP) is 7.75. The maximum Gasteiger partial charge on any atom is 0.171 e. The molecular weight excluding hydrogens is 626 g/mol. The molecule has 0 aromatic carbocycles. The van der Waals surface area contributed by atoms with E-state index in [1.165, 1.54) is 12.8 Å². The van der Waals surface area contributed by atoms with Crippen molar-refractivity contribution >= 4 is 51.3 Å². The average molecular weight is 664 g/mol. The number of nitrogens with zero attached hydrogens (tertiary/aromatic N) is 7. The van der Waals surface area contributed by atoms with Crippen molar-refractivity contribution in [3.63, 3.8) is 0 Å². The average Bonchev–Trinajstić information content (AvgIpc) is 3.83. The minimum Gasteiger partial charge on any atom is -0.357 e. The Hall–Kier alpha value is -5.03. The van der Waals surface area contributed by atoms with Gasteiger partial charge < -0.3 is 14.9 Å². The molecule has 6 aromatic rings. The van der Waals surface area contributed by atoms with Crippen LogP contribution in [-0.2, 0) is 0 Å². The fraction of sp³-hybridized carbons (Fsp3) is 0.333. The third-order valence-electron chi connectivity index (χ3n) is 8.11. The number of aromatic nitrogens is 8. The lowest BCUT2D eigenvalue weighted by atomic mass is 9.87. The van der Waals surface area contributed by atoms with Crippen molar-refractivity contribution in [1.29, 1.82) is 0 Å². The van der Waals surface area contributed by atoms with Crippen LogP contribution in [0.4, 0.5) is 5.82 Å². The maximum absolute atomic E-state index is 12.7. The summed E-state index contributed by atoms with van der Waals surface area (Å²) < 4.78 is 0. The number of fused-ring (bicyclic) bond motifs is 2. The van der Waals surface area contributed by atoms with Crippen LogP contribution in [0, 0.1) is 10.8 Å². The summed E-state index contributed by atoms with van der Waals surface area (Å²) in [7, 11) is 0. The molecule has 0 radical (unpaired) electrons. The normalized spacial score (nSPS) is 13.5. The number of hydrogen-bond acceptors (Lipinski definition) is 9. The molecule has 48 heavy (non-hydrogen) atoms. The second-order valence-corrected chi connectivity index (χ2v) is 14.3. The monoisotopic (exact) mass is 663 g/mol. The van der Waals surface area contributed by atoms with Gasteiger partial charge >= 0.3 is 0 Å². The lowest BCUT2D eigenvalue weighted by Gasteiger charge is -2.17. The Kier molecular flexibility index (Phi) is 8.82. The van der Waals surface area contributed by atoms with Gasteiger partial charge in [0.2, 0.25) is 0 Å². The quantitative estimate of drug-likeness (QED) is 0.140. The molecule has 0 atom stereocenters. The highest BCUT2D eigenvalue weighted by Crippen LogP contribution is 2.29. The molecule has 1 saturated heterocycles. The smallest absolute Gasteiger partial charge is 0.171 e. The molecule has 0 aliphatic carbocycles. The second-order valence-electron chi connectivity index (χ2n) is 13.9. The van der Waals surface area contributed by atoms with Crippen molar-refractivity contribution in [2.24, 2.45) is 10.8 Å². The standard InChI is InChI=1S/C20H23N5O.C16H15ClN4O/c1-20(2,3)18(26)14-11-22-19-17(14)24-15(12-23-19)13-6-7-21-16(10-13)25-8-4-5-9-25;1-16(2,3)14(22)10-7-19-15-13(10)21-11(8-20-15)9-4-5-18-12(17)6-9/h6-7,10-12H,4-5,8-9H2,1-3H3,(H,22,23);4-8H,1-3H3,(H,19,20). The van der Waals surface area contributed by atoms with Gasteiger partial charge in [-0.15, -0.1) is 0 Å². The second kappa shape index (κ2) is 12.9. The van der Waals surface area contributed by atoms with Gasteiger partial charge in [0.25, 0.3) is 0 Å². The number of pyridine rings is 2. The summed E-state index contributed by atoms with van der Waals surface area (Å²) in [6.07, 6.45) is 12.6. The number of aromatic amines is 2. The van der Waals surface area contributed by atoms with Crippen LogP contribution < -0.4 is 4.90 Å². The molecule has 0 bridgehead atoms. The van der Waals surface area contributed by atoms with Crippen molar-refractivity contribution in [3.05, 3.63) is 77.7 Å². The van der Waals surface area contributed by atoms with Gasteiger partial charge in [0, 0.05) is 59.8 Å². The molecule has 7 rings (SSSR count). The van der Waals surface area contributed by atoms with Crippen molar-refractivity contribution < 1.29 is 9.59 Å². The van der Waals surface area contributed by atoms with E-state index in [2.05, 4.69) is 45.9 Å². The number of carbonyl (C=O) groups is 2. The van der Waals surface area contributed by atoms with Gasteiger partial charge in [-0.1, -0.05) is 53.1 Å². The lowest BCUT2D eigenvalue weighted by Crippen LogP contribution is -2.20. The molecule has 0 spiro atoms. The zero-order valence-corrected chi connectivity index (χ0v) is 28.7.